The highest BCUT2D eigenvalue weighted by Gasteiger charge is 2.37. The smallest absolute Gasteiger partial charge is 0.318 e. The standard InChI is InChI=1S/C17H26N2O4.ClH/c1-4-23-16(21)17(2,14-8-6-5-7-9-14)13-22-12-15(20)19-11-10-18-3;/h5-9,18H,4,10-13H2,1-3H3,(H,19,20);1H. The van der Waals surface area contributed by atoms with E-state index in [0.29, 0.717) is 19.7 Å². The molecule has 0 saturated heterocycles. The van der Waals surface area contributed by atoms with Gasteiger partial charge in [0.1, 0.15) is 12.0 Å². The maximum atomic E-state index is 12.3. The quantitative estimate of drug-likeness (QED) is 0.486. The molecule has 0 aliphatic rings. The molecule has 0 aromatic heterocycles. The average molecular weight is 359 g/mol. The summed E-state index contributed by atoms with van der Waals surface area (Å²) in [5.41, 5.74) is -0.142. The van der Waals surface area contributed by atoms with E-state index in [1.165, 1.54) is 0 Å². The van der Waals surface area contributed by atoms with Crippen molar-refractivity contribution in [2.45, 2.75) is 19.3 Å². The van der Waals surface area contributed by atoms with E-state index in [-0.39, 0.29) is 37.5 Å². The van der Waals surface area contributed by atoms with E-state index < -0.39 is 5.41 Å². The van der Waals surface area contributed by atoms with Gasteiger partial charge in [0.25, 0.3) is 0 Å². The van der Waals surface area contributed by atoms with Crippen molar-refractivity contribution >= 4 is 24.3 Å². The lowest BCUT2D eigenvalue weighted by Crippen LogP contribution is -2.40. The molecule has 0 heterocycles. The van der Waals surface area contributed by atoms with Crippen molar-refractivity contribution in [3.63, 3.8) is 0 Å². The van der Waals surface area contributed by atoms with Gasteiger partial charge in [-0.1, -0.05) is 30.3 Å². The van der Waals surface area contributed by atoms with E-state index in [2.05, 4.69) is 10.6 Å². The van der Waals surface area contributed by atoms with Gasteiger partial charge in [-0.15, -0.1) is 12.4 Å². The van der Waals surface area contributed by atoms with Gasteiger partial charge >= 0.3 is 5.97 Å². The number of ether oxygens (including phenoxy) is 2. The fourth-order valence-electron chi connectivity index (χ4n) is 2.08. The first-order chi connectivity index (χ1) is 11.0. The van der Waals surface area contributed by atoms with Crippen molar-refractivity contribution < 1.29 is 19.1 Å². The van der Waals surface area contributed by atoms with Crippen LogP contribution in [0.15, 0.2) is 30.3 Å². The number of carbonyl (C=O) groups excluding carboxylic acids is 2. The Morgan fingerprint density at radius 2 is 1.83 bits per heavy atom. The van der Waals surface area contributed by atoms with Crippen LogP contribution in [0, 0.1) is 0 Å². The van der Waals surface area contributed by atoms with Gasteiger partial charge in [0.05, 0.1) is 13.2 Å². The Morgan fingerprint density at radius 1 is 1.17 bits per heavy atom. The van der Waals surface area contributed by atoms with Gasteiger partial charge < -0.3 is 20.1 Å². The van der Waals surface area contributed by atoms with Crippen molar-refractivity contribution in [2.24, 2.45) is 0 Å². The Labute approximate surface area is 149 Å². The lowest BCUT2D eigenvalue weighted by Gasteiger charge is -2.27. The zero-order chi connectivity index (χ0) is 17.1. The Hall–Kier alpha value is -1.63. The third-order valence-electron chi connectivity index (χ3n) is 3.46. The second kappa shape index (κ2) is 11.8. The summed E-state index contributed by atoms with van der Waals surface area (Å²) < 4.78 is 10.7. The third-order valence-corrected chi connectivity index (χ3v) is 3.46. The summed E-state index contributed by atoms with van der Waals surface area (Å²) >= 11 is 0. The van der Waals surface area contributed by atoms with Gasteiger partial charge in [0.2, 0.25) is 5.91 Å². The Kier molecular flexibility index (Phi) is 11.0. The molecule has 0 saturated carbocycles. The summed E-state index contributed by atoms with van der Waals surface area (Å²) in [6, 6.07) is 9.31. The summed E-state index contributed by atoms with van der Waals surface area (Å²) in [7, 11) is 1.81. The predicted molar refractivity (Wildman–Crippen MR) is 95.4 cm³/mol. The van der Waals surface area contributed by atoms with Gasteiger partial charge in [0, 0.05) is 13.1 Å². The minimum absolute atomic E-state index is 0. The zero-order valence-electron chi connectivity index (χ0n) is 14.5. The molecule has 0 bridgehead atoms. The largest absolute Gasteiger partial charge is 0.465 e. The summed E-state index contributed by atoms with van der Waals surface area (Å²) in [6.07, 6.45) is 0. The van der Waals surface area contributed by atoms with E-state index in [4.69, 9.17) is 9.47 Å². The summed E-state index contributed by atoms with van der Waals surface area (Å²) in [5, 5.41) is 5.66. The van der Waals surface area contributed by atoms with Crippen molar-refractivity contribution in [3.8, 4) is 0 Å². The van der Waals surface area contributed by atoms with Crippen LogP contribution in [0.4, 0.5) is 0 Å². The van der Waals surface area contributed by atoms with Crippen LogP contribution in [-0.2, 0) is 24.5 Å². The molecule has 0 aliphatic carbocycles. The molecule has 1 amide bonds. The molecule has 0 fully saturated rings. The average Bonchev–Trinajstić information content (AvgIpc) is 2.56. The maximum Gasteiger partial charge on any atom is 0.318 e. The zero-order valence-corrected chi connectivity index (χ0v) is 15.3. The van der Waals surface area contributed by atoms with E-state index in [0.717, 1.165) is 5.56 Å². The van der Waals surface area contributed by atoms with Crippen LogP contribution in [0.2, 0.25) is 0 Å². The molecule has 7 heteroatoms. The first-order valence-electron chi connectivity index (χ1n) is 7.76. The minimum atomic E-state index is -0.942. The van der Waals surface area contributed by atoms with Crippen LogP contribution >= 0.6 is 12.4 Å². The molecule has 0 spiro atoms. The topological polar surface area (TPSA) is 76.7 Å². The first kappa shape index (κ1) is 22.4. The number of esters is 1. The normalized spacial score (nSPS) is 12.6. The van der Waals surface area contributed by atoms with Crippen LogP contribution in [0.1, 0.15) is 19.4 Å². The SMILES string of the molecule is CCOC(=O)C(C)(COCC(=O)NCCNC)c1ccccc1.Cl. The number of hydrogen-bond donors (Lipinski definition) is 2. The van der Waals surface area contributed by atoms with Crippen LogP contribution in [-0.4, -0.2) is 51.8 Å². The number of halogens is 1. The molecule has 1 unspecified atom stereocenters. The Bertz CT molecular complexity index is 499. The molecule has 1 rings (SSSR count). The molecule has 24 heavy (non-hydrogen) atoms. The number of nitrogens with one attached hydrogen (secondary N) is 2. The Morgan fingerprint density at radius 3 is 2.42 bits per heavy atom. The predicted octanol–water partition coefficient (Wildman–Crippen LogP) is 1.28. The maximum absolute atomic E-state index is 12.3. The van der Waals surface area contributed by atoms with Crippen molar-refractivity contribution in [1.29, 1.82) is 0 Å². The van der Waals surface area contributed by atoms with Crippen LogP contribution < -0.4 is 10.6 Å². The number of carbonyl (C=O) groups is 2. The van der Waals surface area contributed by atoms with E-state index >= 15 is 0 Å². The highest BCUT2D eigenvalue weighted by atomic mass is 35.5. The fraction of sp³-hybridized carbons (Fsp3) is 0.529. The van der Waals surface area contributed by atoms with Crippen LogP contribution in [0.5, 0.6) is 0 Å². The van der Waals surface area contributed by atoms with Crippen LogP contribution in [0.25, 0.3) is 0 Å². The van der Waals surface area contributed by atoms with Gasteiger partial charge in [-0.25, -0.2) is 0 Å². The number of amides is 1. The Balaban J connectivity index is 0.00000529. The molecule has 136 valence electrons. The van der Waals surface area contributed by atoms with Crippen LogP contribution in [0.3, 0.4) is 0 Å². The highest BCUT2D eigenvalue weighted by Crippen LogP contribution is 2.26. The van der Waals surface area contributed by atoms with Gasteiger partial charge in [-0.2, -0.15) is 0 Å². The van der Waals surface area contributed by atoms with E-state index in [1.807, 2.05) is 37.4 Å². The van der Waals surface area contributed by atoms with Crippen molar-refractivity contribution in [1.82, 2.24) is 10.6 Å². The minimum Gasteiger partial charge on any atom is -0.465 e. The molecule has 1 atom stereocenters. The number of benzene rings is 1. The van der Waals surface area contributed by atoms with Crippen molar-refractivity contribution in [2.75, 3.05) is 40.0 Å². The number of rotatable bonds is 10. The van der Waals surface area contributed by atoms with Gasteiger partial charge in [-0.3, -0.25) is 9.59 Å². The van der Waals surface area contributed by atoms with Gasteiger partial charge in [0.15, 0.2) is 0 Å². The monoisotopic (exact) mass is 358 g/mol. The molecular formula is C17H27ClN2O4. The second-order valence-electron chi connectivity index (χ2n) is 5.36. The fourth-order valence-corrected chi connectivity index (χ4v) is 2.08. The second-order valence-corrected chi connectivity index (χ2v) is 5.36. The third kappa shape index (κ3) is 6.86. The molecule has 1 aromatic carbocycles. The molecule has 2 N–H and O–H groups in total. The van der Waals surface area contributed by atoms with Crippen molar-refractivity contribution in [3.05, 3.63) is 35.9 Å². The lowest BCUT2D eigenvalue weighted by molar-refractivity contribution is -0.153. The number of likely N-dealkylation sites (N-methyl/N-ethyl adjacent to an activating group) is 1. The molecule has 0 radical (unpaired) electrons. The first-order valence-corrected chi connectivity index (χ1v) is 7.76. The molecule has 0 aliphatic heterocycles. The summed E-state index contributed by atoms with van der Waals surface area (Å²) in [6.45, 7) is 5.04. The molecular weight excluding hydrogens is 332 g/mol. The summed E-state index contributed by atoms with van der Waals surface area (Å²) in [4.78, 5) is 24.0. The highest BCUT2D eigenvalue weighted by molar-refractivity contribution is 5.85. The van der Waals surface area contributed by atoms with E-state index in [9.17, 15) is 9.59 Å². The lowest BCUT2D eigenvalue weighted by atomic mass is 9.83. The van der Waals surface area contributed by atoms with E-state index in [1.54, 1.807) is 13.8 Å². The summed E-state index contributed by atoms with van der Waals surface area (Å²) in [5.74, 6) is -0.568. The molecule has 6 nitrogen and oxygen atoms in total. The molecule has 1 aromatic rings. The number of hydrogen-bond acceptors (Lipinski definition) is 5. The van der Waals surface area contributed by atoms with Gasteiger partial charge in [-0.05, 0) is 26.5 Å².